The number of halogens is 1. The first kappa shape index (κ1) is 19.7. The topological polar surface area (TPSA) is 90.9 Å². The molecule has 2 aliphatic heterocycles. The highest BCUT2D eigenvalue weighted by atomic mass is 35.5. The van der Waals surface area contributed by atoms with Crippen molar-refractivity contribution in [3.8, 4) is 17.0 Å². The molecule has 0 saturated carbocycles. The van der Waals surface area contributed by atoms with Crippen LogP contribution in [0.4, 0.5) is 5.82 Å². The standard InChI is InChI=1S/C21H24N6O.ClH/c1-14(15-3-2-6-23-11-15)28-18-9-16(12-25-20(18)22)17-10-19-21(4-7-24-13-21)5-8-27(19)26-17;/h2-3,6,9-12,14,24H,4-5,7-8,13H2,1H3,(H2,22,25);1H/t14-,21-;/m1./s1. The van der Waals surface area contributed by atoms with Gasteiger partial charge >= 0.3 is 0 Å². The van der Waals surface area contributed by atoms with Gasteiger partial charge in [0.1, 0.15) is 6.10 Å². The van der Waals surface area contributed by atoms with Gasteiger partial charge in [-0.05, 0) is 44.5 Å². The average molecular weight is 413 g/mol. The SMILES string of the molecule is C[C@@H](Oc1cc(-c2cc3n(n2)CC[C@@]32CCNC2)cnc1N)c1cccnc1.Cl. The van der Waals surface area contributed by atoms with Crippen molar-refractivity contribution in [2.24, 2.45) is 0 Å². The molecule has 0 bridgehead atoms. The van der Waals surface area contributed by atoms with Crippen LogP contribution in [0, 0.1) is 0 Å². The van der Waals surface area contributed by atoms with Crippen LogP contribution >= 0.6 is 12.4 Å². The summed E-state index contributed by atoms with van der Waals surface area (Å²) in [5.41, 5.74) is 10.5. The highest BCUT2D eigenvalue weighted by Gasteiger charge is 2.42. The fourth-order valence-electron chi connectivity index (χ4n) is 4.34. The Morgan fingerprint density at radius 2 is 2.17 bits per heavy atom. The van der Waals surface area contributed by atoms with Gasteiger partial charge < -0.3 is 15.8 Å². The van der Waals surface area contributed by atoms with Gasteiger partial charge in [0.25, 0.3) is 0 Å². The normalized spacial score (nSPS) is 21.0. The van der Waals surface area contributed by atoms with E-state index in [-0.39, 0.29) is 23.9 Å². The molecular formula is C21H25ClN6O. The molecule has 0 aliphatic carbocycles. The predicted molar refractivity (Wildman–Crippen MR) is 114 cm³/mol. The maximum atomic E-state index is 6.09. The number of nitrogens with one attached hydrogen (secondary N) is 1. The number of ether oxygens (including phenoxy) is 1. The summed E-state index contributed by atoms with van der Waals surface area (Å²) in [6, 6.07) is 8.03. The Hall–Kier alpha value is -2.64. The van der Waals surface area contributed by atoms with Gasteiger partial charge in [0.15, 0.2) is 11.6 Å². The molecule has 0 aromatic carbocycles. The number of hydrogen-bond acceptors (Lipinski definition) is 6. The lowest BCUT2D eigenvalue weighted by atomic mass is 9.82. The molecule has 1 saturated heterocycles. The molecule has 0 unspecified atom stereocenters. The molecule has 7 nitrogen and oxygen atoms in total. The van der Waals surface area contributed by atoms with E-state index in [0.717, 1.165) is 36.5 Å². The van der Waals surface area contributed by atoms with Gasteiger partial charge in [-0.1, -0.05) is 6.07 Å². The molecule has 1 fully saturated rings. The number of nitrogens with two attached hydrogens (primary N) is 1. The van der Waals surface area contributed by atoms with Crippen LogP contribution in [0.15, 0.2) is 42.9 Å². The van der Waals surface area contributed by atoms with Crippen molar-refractivity contribution in [3.63, 3.8) is 0 Å². The number of aryl methyl sites for hydroxylation is 1. The molecule has 152 valence electrons. The van der Waals surface area contributed by atoms with Crippen molar-refractivity contribution in [1.29, 1.82) is 0 Å². The Morgan fingerprint density at radius 3 is 2.93 bits per heavy atom. The zero-order chi connectivity index (χ0) is 19.1. The monoisotopic (exact) mass is 412 g/mol. The van der Waals surface area contributed by atoms with Crippen molar-refractivity contribution in [1.82, 2.24) is 25.1 Å². The summed E-state index contributed by atoms with van der Waals surface area (Å²) in [4.78, 5) is 8.50. The highest BCUT2D eigenvalue weighted by Crippen LogP contribution is 2.41. The third-order valence-corrected chi connectivity index (χ3v) is 6.00. The van der Waals surface area contributed by atoms with Crippen molar-refractivity contribution in [2.75, 3.05) is 18.8 Å². The average Bonchev–Trinajstić information content (AvgIpc) is 3.43. The number of hydrogen-bond donors (Lipinski definition) is 2. The second-order valence-electron chi connectivity index (χ2n) is 7.75. The van der Waals surface area contributed by atoms with Gasteiger partial charge in [-0.25, -0.2) is 4.98 Å². The van der Waals surface area contributed by atoms with E-state index in [1.54, 1.807) is 18.6 Å². The number of aromatic nitrogens is 4. The summed E-state index contributed by atoms with van der Waals surface area (Å²) >= 11 is 0. The van der Waals surface area contributed by atoms with E-state index in [9.17, 15) is 0 Å². The number of nitrogens with zero attached hydrogens (tertiary/aromatic N) is 4. The molecule has 0 radical (unpaired) electrons. The van der Waals surface area contributed by atoms with E-state index in [4.69, 9.17) is 15.6 Å². The molecule has 3 aromatic heterocycles. The number of nitrogen functional groups attached to an aromatic ring is 1. The zero-order valence-corrected chi connectivity index (χ0v) is 17.2. The van der Waals surface area contributed by atoms with Crippen LogP contribution in [-0.4, -0.2) is 32.8 Å². The molecule has 3 aromatic rings. The predicted octanol–water partition coefficient (Wildman–Crippen LogP) is 3.12. The van der Waals surface area contributed by atoms with Crippen LogP contribution in [0.2, 0.25) is 0 Å². The van der Waals surface area contributed by atoms with Gasteiger partial charge in [-0.3, -0.25) is 9.67 Å². The molecule has 0 amide bonds. The summed E-state index contributed by atoms with van der Waals surface area (Å²) < 4.78 is 8.24. The van der Waals surface area contributed by atoms with Crippen molar-refractivity contribution in [3.05, 3.63) is 54.1 Å². The molecular weight excluding hydrogens is 388 g/mol. The van der Waals surface area contributed by atoms with E-state index in [1.807, 2.05) is 25.1 Å². The van der Waals surface area contributed by atoms with E-state index < -0.39 is 0 Å². The van der Waals surface area contributed by atoms with Crippen molar-refractivity contribution < 1.29 is 4.74 Å². The van der Waals surface area contributed by atoms with Gasteiger partial charge in [-0.2, -0.15) is 5.10 Å². The molecule has 8 heteroatoms. The van der Waals surface area contributed by atoms with E-state index in [0.29, 0.717) is 11.6 Å². The van der Waals surface area contributed by atoms with Crippen LogP contribution in [0.25, 0.3) is 11.3 Å². The maximum Gasteiger partial charge on any atom is 0.166 e. The smallest absolute Gasteiger partial charge is 0.166 e. The van der Waals surface area contributed by atoms with E-state index in [2.05, 4.69) is 26.0 Å². The van der Waals surface area contributed by atoms with Crippen molar-refractivity contribution >= 4 is 18.2 Å². The number of rotatable bonds is 4. The van der Waals surface area contributed by atoms with Crippen LogP contribution in [0.3, 0.4) is 0 Å². The highest BCUT2D eigenvalue weighted by molar-refractivity contribution is 5.85. The fraction of sp³-hybridized carbons (Fsp3) is 0.381. The molecule has 3 N–H and O–H groups in total. The Balaban J connectivity index is 0.00000205. The number of pyridine rings is 2. The minimum Gasteiger partial charge on any atom is -0.482 e. The van der Waals surface area contributed by atoms with Gasteiger partial charge in [0, 0.05) is 53.9 Å². The first-order chi connectivity index (χ1) is 13.6. The third-order valence-electron chi connectivity index (χ3n) is 6.00. The first-order valence-corrected chi connectivity index (χ1v) is 9.76. The molecule has 1 spiro atoms. The summed E-state index contributed by atoms with van der Waals surface area (Å²) in [6.07, 6.45) is 7.49. The third kappa shape index (κ3) is 3.45. The Bertz CT molecular complexity index is 1000. The Morgan fingerprint density at radius 1 is 1.28 bits per heavy atom. The van der Waals surface area contributed by atoms with Crippen LogP contribution in [0.1, 0.15) is 37.1 Å². The fourth-order valence-corrected chi connectivity index (χ4v) is 4.34. The molecule has 5 rings (SSSR count). The van der Waals surface area contributed by atoms with Gasteiger partial charge in [0.2, 0.25) is 0 Å². The summed E-state index contributed by atoms with van der Waals surface area (Å²) in [5.74, 6) is 0.946. The van der Waals surface area contributed by atoms with Crippen LogP contribution in [-0.2, 0) is 12.0 Å². The Kier molecular flexibility index (Phi) is 5.19. The van der Waals surface area contributed by atoms with Gasteiger partial charge in [-0.15, -0.1) is 12.4 Å². The number of anilines is 1. The minimum atomic E-state index is -0.173. The lowest BCUT2D eigenvalue weighted by Crippen LogP contribution is -2.25. The molecule has 2 atom stereocenters. The quantitative estimate of drug-likeness (QED) is 0.684. The van der Waals surface area contributed by atoms with Gasteiger partial charge in [0.05, 0.1) is 5.69 Å². The lowest BCUT2D eigenvalue weighted by Gasteiger charge is -2.20. The number of fused-ring (bicyclic) bond motifs is 2. The molecule has 29 heavy (non-hydrogen) atoms. The summed E-state index contributed by atoms with van der Waals surface area (Å²) in [5, 5.41) is 8.33. The van der Waals surface area contributed by atoms with Crippen LogP contribution < -0.4 is 15.8 Å². The zero-order valence-electron chi connectivity index (χ0n) is 16.3. The lowest BCUT2D eigenvalue weighted by molar-refractivity contribution is 0.227. The largest absolute Gasteiger partial charge is 0.482 e. The maximum absolute atomic E-state index is 6.09. The van der Waals surface area contributed by atoms with E-state index in [1.165, 1.54) is 18.5 Å². The summed E-state index contributed by atoms with van der Waals surface area (Å²) in [7, 11) is 0. The molecule has 5 heterocycles. The molecule has 2 aliphatic rings. The van der Waals surface area contributed by atoms with Crippen LogP contribution in [0.5, 0.6) is 5.75 Å². The second kappa shape index (κ2) is 7.65. The summed E-state index contributed by atoms with van der Waals surface area (Å²) in [6.45, 7) is 5.06. The Labute approximate surface area is 176 Å². The second-order valence-corrected chi connectivity index (χ2v) is 7.75. The minimum absolute atomic E-state index is 0. The first-order valence-electron chi connectivity index (χ1n) is 9.76. The van der Waals surface area contributed by atoms with Crippen molar-refractivity contribution in [2.45, 2.75) is 37.8 Å². The van der Waals surface area contributed by atoms with E-state index >= 15 is 0 Å².